The summed E-state index contributed by atoms with van der Waals surface area (Å²) in [5.74, 6) is 3.00. The number of aromatic nitrogens is 3. The average molecular weight is 652 g/mol. The Morgan fingerprint density at radius 1 is 0.479 bits per heavy atom. The summed E-state index contributed by atoms with van der Waals surface area (Å²) in [7, 11) is 0. The Bertz CT molecular complexity index is 1550. The summed E-state index contributed by atoms with van der Waals surface area (Å²) in [4.78, 5) is 13.8. The Morgan fingerprint density at radius 2 is 0.750 bits per heavy atom. The second kappa shape index (κ2) is 17.0. The highest BCUT2D eigenvalue weighted by molar-refractivity contribution is 5.52. The summed E-state index contributed by atoms with van der Waals surface area (Å²) in [6.07, 6.45) is 1.68. The lowest BCUT2D eigenvalue weighted by Crippen LogP contribution is -2.06. The molecule has 0 radical (unpaired) electrons. The Labute approximate surface area is 283 Å². The van der Waals surface area contributed by atoms with Gasteiger partial charge in [0.15, 0.2) is 34.5 Å². The first kappa shape index (κ1) is 35.5. The lowest BCUT2D eigenvalue weighted by Gasteiger charge is -2.18. The van der Waals surface area contributed by atoms with Gasteiger partial charge in [0.25, 0.3) is 0 Å². The van der Waals surface area contributed by atoms with Crippen molar-refractivity contribution in [3.63, 3.8) is 0 Å². The molecule has 9 nitrogen and oxygen atoms in total. The molecule has 0 aliphatic rings. The van der Waals surface area contributed by atoms with Gasteiger partial charge >= 0.3 is 18.0 Å². The van der Waals surface area contributed by atoms with Crippen LogP contribution >= 0.6 is 0 Å². The second-order valence-electron chi connectivity index (χ2n) is 11.4. The SMILES string of the molecule is C=C(C)Cc1cccc(OCC)c1Oc1nc(Oc2c(CC(=C)C)cccc2OCC)nc(Oc2c(CC(=C)C)cccc2OCC)n1. The summed E-state index contributed by atoms with van der Waals surface area (Å²) in [6, 6.07) is 16.9. The van der Waals surface area contributed by atoms with Crippen LogP contribution in [0.3, 0.4) is 0 Å². The summed E-state index contributed by atoms with van der Waals surface area (Å²) < 4.78 is 37.1. The van der Waals surface area contributed by atoms with Gasteiger partial charge in [0, 0.05) is 16.7 Å². The van der Waals surface area contributed by atoms with Crippen molar-refractivity contribution in [2.75, 3.05) is 19.8 Å². The van der Waals surface area contributed by atoms with Crippen molar-refractivity contribution in [3.8, 4) is 52.5 Å². The number of nitrogens with zero attached hydrogens (tertiary/aromatic N) is 3. The standard InChI is InChI=1S/C39H45N3O6/c1-10-43-31-19-13-16-28(22-25(4)5)34(31)46-37-40-38(47-35-29(23-26(6)7)17-14-20-32(35)44-11-2)42-39(41-37)48-36-30(24-27(8)9)18-15-21-33(36)45-12-3/h13-21H,4,6,8,10-12,22-24H2,1-3,5,7,9H3. The first-order chi connectivity index (χ1) is 23.1. The van der Waals surface area contributed by atoms with Crippen molar-refractivity contribution in [1.29, 1.82) is 0 Å². The number of allylic oxidation sites excluding steroid dienone is 3. The lowest BCUT2D eigenvalue weighted by atomic mass is 10.1. The van der Waals surface area contributed by atoms with Gasteiger partial charge in [-0.25, -0.2) is 0 Å². The molecule has 0 atom stereocenters. The van der Waals surface area contributed by atoms with E-state index in [1.807, 2.05) is 96.1 Å². The number of hydrogen-bond acceptors (Lipinski definition) is 9. The van der Waals surface area contributed by atoms with E-state index in [1.54, 1.807) is 0 Å². The van der Waals surface area contributed by atoms with E-state index in [-0.39, 0.29) is 18.0 Å². The zero-order chi connectivity index (χ0) is 34.6. The quantitative estimate of drug-likeness (QED) is 0.0975. The maximum absolute atomic E-state index is 6.42. The molecule has 1 aromatic heterocycles. The van der Waals surface area contributed by atoms with E-state index in [0.29, 0.717) is 73.6 Å². The summed E-state index contributed by atoms with van der Waals surface area (Å²) in [5, 5.41) is 0. The topological polar surface area (TPSA) is 94.1 Å². The summed E-state index contributed by atoms with van der Waals surface area (Å²) >= 11 is 0. The fourth-order valence-corrected chi connectivity index (χ4v) is 4.96. The monoisotopic (exact) mass is 651 g/mol. The van der Waals surface area contributed by atoms with Crippen LogP contribution in [0.2, 0.25) is 0 Å². The van der Waals surface area contributed by atoms with Crippen LogP contribution in [0.15, 0.2) is 91.1 Å². The largest absolute Gasteiger partial charge is 0.490 e. The third kappa shape index (κ3) is 9.61. The third-order valence-electron chi connectivity index (χ3n) is 6.71. The Kier molecular flexibility index (Phi) is 12.6. The Hall–Kier alpha value is -5.31. The number of rotatable bonds is 18. The first-order valence-electron chi connectivity index (χ1n) is 16.1. The van der Waals surface area contributed by atoms with Crippen molar-refractivity contribution >= 4 is 0 Å². The minimum Gasteiger partial charge on any atom is -0.490 e. The molecule has 9 heteroatoms. The van der Waals surface area contributed by atoms with Crippen LogP contribution in [0.25, 0.3) is 0 Å². The minimum absolute atomic E-state index is 0.0594. The minimum atomic E-state index is -0.0594. The van der Waals surface area contributed by atoms with Crippen LogP contribution in [0, 0.1) is 0 Å². The molecule has 4 rings (SSSR count). The maximum atomic E-state index is 6.42. The van der Waals surface area contributed by atoms with Crippen LogP contribution < -0.4 is 28.4 Å². The van der Waals surface area contributed by atoms with Gasteiger partial charge in [-0.1, -0.05) is 72.9 Å². The highest BCUT2D eigenvalue weighted by Gasteiger charge is 2.22. The van der Waals surface area contributed by atoms with Gasteiger partial charge in [0.1, 0.15) is 0 Å². The molecule has 0 unspecified atom stereocenters. The van der Waals surface area contributed by atoms with Gasteiger partial charge in [-0.15, -0.1) is 15.0 Å². The van der Waals surface area contributed by atoms with Crippen molar-refractivity contribution < 1.29 is 28.4 Å². The van der Waals surface area contributed by atoms with Gasteiger partial charge in [0.2, 0.25) is 0 Å². The molecule has 0 N–H and O–H groups in total. The lowest BCUT2D eigenvalue weighted by molar-refractivity contribution is 0.296. The molecule has 0 fully saturated rings. The van der Waals surface area contributed by atoms with Crippen molar-refractivity contribution in [3.05, 3.63) is 108 Å². The van der Waals surface area contributed by atoms with Crippen molar-refractivity contribution in [2.45, 2.75) is 60.8 Å². The van der Waals surface area contributed by atoms with E-state index in [1.165, 1.54) is 0 Å². The van der Waals surface area contributed by atoms with Crippen LogP contribution in [-0.4, -0.2) is 34.8 Å². The molecule has 4 aromatic rings. The normalized spacial score (nSPS) is 10.6. The average Bonchev–Trinajstić information content (AvgIpc) is 3.01. The zero-order valence-corrected chi connectivity index (χ0v) is 28.9. The van der Waals surface area contributed by atoms with Crippen molar-refractivity contribution in [1.82, 2.24) is 15.0 Å². The van der Waals surface area contributed by atoms with Crippen LogP contribution in [0.1, 0.15) is 58.2 Å². The molecule has 0 amide bonds. The molecular formula is C39H45N3O6. The second-order valence-corrected chi connectivity index (χ2v) is 11.4. The molecule has 0 saturated carbocycles. The van der Waals surface area contributed by atoms with Gasteiger partial charge in [-0.3, -0.25) is 0 Å². The van der Waals surface area contributed by atoms with Gasteiger partial charge in [-0.2, -0.15) is 0 Å². The smallest absolute Gasteiger partial charge is 0.331 e. The molecule has 0 aliphatic heterocycles. The number of ether oxygens (including phenoxy) is 6. The fourth-order valence-electron chi connectivity index (χ4n) is 4.96. The molecule has 0 bridgehead atoms. The highest BCUT2D eigenvalue weighted by Crippen LogP contribution is 2.40. The number of para-hydroxylation sites is 3. The Balaban J connectivity index is 1.89. The fraction of sp³-hybridized carbons (Fsp3) is 0.308. The van der Waals surface area contributed by atoms with E-state index in [2.05, 4.69) is 34.7 Å². The summed E-state index contributed by atoms with van der Waals surface area (Å²) in [5.41, 5.74) is 5.42. The maximum Gasteiger partial charge on any atom is 0.331 e. The van der Waals surface area contributed by atoms with Crippen LogP contribution in [0.4, 0.5) is 0 Å². The predicted octanol–water partition coefficient (Wildman–Crippen LogP) is 9.80. The van der Waals surface area contributed by atoms with Crippen LogP contribution in [-0.2, 0) is 19.3 Å². The zero-order valence-electron chi connectivity index (χ0n) is 28.9. The highest BCUT2D eigenvalue weighted by atomic mass is 16.6. The molecule has 48 heavy (non-hydrogen) atoms. The molecule has 3 aromatic carbocycles. The number of hydrogen-bond donors (Lipinski definition) is 0. The van der Waals surface area contributed by atoms with E-state index < -0.39 is 0 Å². The van der Waals surface area contributed by atoms with Gasteiger partial charge in [-0.05, 0) is 79.0 Å². The van der Waals surface area contributed by atoms with Gasteiger partial charge < -0.3 is 28.4 Å². The van der Waals surface area contributed by atoms with E-state index >= 15 is 0 Å². The number of benzene rings is 3. The first-order valence-corrected chi connectivity index (χ1v) is 16.1. The summed E-state index contributed by atoms with van der Waals surface area (Å²) in [6.45, 7) is 25.2. The van der Waals surface area contributed by atoms with Crippen LogP contribution in [0.5, 0.6) is 52.5 Å². The van der Waals surface area contributed by atoms with E-state index in [0.717, 1.165) is 33.4 Å². The Morgan fingerprint density at radius 3 is 0.979 bits per heavy atom. The van der Waals surface area contributed by atoms with Crippen molar-refractivity contribution in [2.24, 2.45) is 0 Å². The van der Waals surface area contributed by atoms with Gasteiger partial charge in [0.05, 0.1) is 19.8 Å². The molecule has 0 aliphatic carbocycles. The molecule has 0 saturated heterocycles. The molecule has 0 spiro atoms. The molecule has 252 valence electrons. The van der Waals surface area contributed by atoms with E-state index in [9.17, 15) is 0 Å². The predicted molar refractivity (Wildman–Crippen MR) is 188 cm³/mol. The molecule has 1 heterocycles. The molecular weight excluding hydrogens is 606 g/mol. The van der Waals surface area contributed by atoms with E-state index in [4.69, 9.17) is 28.4 Å². The third-order valence-corrected chi connectivity index (χ3v) is 6.71.